The van der Waals surface area contributed by atoms with Crippen LogP contribution < -0.4 is 5.46 Å². The summed E-state index contributed by atoms with van der Waals surface area (Å²) in [5.41, 5.74) is 4.30. The highest BCUT2D eigenvalue weighted by atomic mass is 15.0. The van der Waals surface area contributed by atoms with E-state index >= 15 is 0 Å². The molecule has 1 heterocycles. The molecule has 1 aromatic heterocycles. The normalized spacial score (nSPS) is 10.5. The molecular formula is C20H18BN. The highest BCUT2D eigenvalue weighted by molar-refractivity contribution is 6.33. The Kier molecular flexibility index (Phi) is 4.01. The van der Waals surface area contributed by atoms with Gasteiger partial charge in [-0.3, -0.25) is 0 Å². The number of rotatable bonds is 1. The summed E-state index contributed by atoms with van der Waals surface area (Å²) >= 11 is 0. The van der Waals surface area contributed by atoms with E-state index in [1.54, 1.807) is 0 Å². The lowest BCUT2D eigenvalue weighted by Crippen LogP contribution is -2.01. The molecule has 0 amide bonds. The van der Waals surface area contributed by atoms with Gasteiger partial charge in [-0.1, -0.05) is 67.8 Å². The highest BCUT2D eigenvalue weighted by Crippen LogP contribution is 2.30. The maximum Gasteiger partial charge on any atom is 0.113 e. The van der Waals surface area contributed by atoms with Crippen molar-refractivity contribution in [3.8, 4) is 5.69 Å². The number of benzene rings is 3. The standard InChI is InChI=1S/C18H12BN.C2H6/c19-13-10-11-16-15-8-4-5-9-17(15)20(18(16)12-13)14-6-2-1-3-7-14;1-2/h1-12H;1-2H3. The predicted molar refractivity (Wildman–Crippen MR) is 97.5 cm³/mol. The van der Waals surface area contributed by atoms with Gasteiger partial charge in [0.1, 0.15) is 7.85 Å². The molecule has 4 rings (SSSR count). The first-order valence-electron chi connectivity index (χ1n) is 7.69. The van der Waals surface area contributed by atoms with Gasteiger partial charge in [0.25, 0.3) is 0 Å². The van der Waals surface area contributed by atoms with E-state index < -0.39 is 0 Å². The Morgan fingerprint density at radius 2 is 1.32 bits per heavy atom. The number of hydrogen-bond donors (Lipinski definition) is 0. The Morgan fingerprint density at radius 3 is 2.09 bits per heavy atom. The summed E-state index contributed by atoms with van der Waals surface area (Å²) in [5, 5.41) is 2.49. The van der Waals surface area contributed by atoms with Gasteiger partial charge >= 0.3 is 0 Å². The van der Waals surface area contributed by atoms with Crippen molar-refractivity contribution >= 4 is 35.1 Å². The van der Waals surface area contributed by atoms with Crippen LogP contribution in [0, 0.1) is 0 Å². The van der Waals surface area contributed by atoms with Crippen molar-refractivity contribution < 1.29 is 0 Å². The van der Waals surface area contributed by atoms with E-state index in [4.69, 9.17) is 7.85 Å². The number of para-hydroxylation sites is 2. The van der Waals surface area contributed by atoms with Crippen LogP contribution in [0.5, 0.6) is 0 Å². The SMILES string of the molecule is CC.[B]c1ccc2c3ccccc3n(-c3ccccc3)c2c1. The number of aromatic nitrogens is 1. The van der Waals surface area contributed by atoms with Gasteiger partial charge in [0.15, 0.2) is 0 Å². The summed E-state index contributed by atoms with van der Waals surface area (Å²) in [6.45, 7) is 4.00. The molecule has 106 valence electrons. The van der Waals surface area contributed by atoms with Crippen LogP contribution in [0.15, 0.2) is 72.8 Å². The van der Waals surface area contributed by atoms with Gasteiger partial charge in [0.2, 0.25) is 0 Å². The quantitative estimate of drug-likeness (QED) is 0.450. The molecule has 0 N–H and O–H groups in total. The van der Waals surface area contributed by atoms with Crippen molar-refractivity contribution in [3.63, 3.8) is 0 Å². The van der Waals surface area contributed by atoms with Gasteiger partial charge in [-0.2, -0.15) is 0 Å². The van der Waals surface area contributed by atoms with Crippen LogP contribution in [0.2, 0.25) is 0 Å². The van der Waals surface area contributed by atoms with Crippen LogP contribution in [-0.4, -0.2) is 12.4 Å². The van der Waals surface area contributed by atoms with Gasteiger partial charge in [0.05, 0.1) is 11.0 Å². The minimum atomic E-state index is 0.789. The van der Waals surface area contributed by atoms with Gasteiger partial charge in [-0.25, -0.2) is 0 Å². The molecule has 0 saturated heterocycles. The Bertz CT molecular complexity index is 907. The fraction of sp³-hybridized carbons (Fsp3) is 0.100. The number of fused-ring (bicyclic) bond motifs is 3. The van der Waals surface area contributed by atoms with Gasteiger partial charge in [-0.15, -0.1) is 0 Å². The Hall–Kier alpha value is -2.48. The zero-order valence-electron chi connectivity index (χ0n) is 13.0. The lowest BCUT2D eigenvalue weighted by Gasteiger charge is -2.07. The first-order chi connectivity index (χ1) is 10.8. The average Bonchev–Trinajstić information content (AvgIpc) is 2.91. The molecule has 2 radical (unpaired) electrons. The third-order valence-corrected chi connectivity index (χ3v) is 3.71. The van der Waals surface area contributed by atoms with E-state index in [9.17, 15) is 0 Å². The van der Waals surface area contributed by atoms with Crippen molar-refractivity contribution in [2.24, 2.45) is 0 Å². The Labute approximate surface area is 132 Å². The maximum absolute atomic E-state index is 5.98. The minimum absolute atomic E-state index is 0.789. The van der Waals surface area contributed by atoms with Crippen molar-refractivity contribution in [1.82, 2.24) is 4.57 Å². The fourth-order valence-electron chi connectivity index (χ4n) is 2.84. The molecule has 22 heavy (non-hydrogen) atoms. The van der Waals surface area contributed by atoms with Crippen LogP contribution in [0.25, 0.3) is 27.5 Å². The average molecular weight is 283 g/mol. The summed E-state index contributed by atoms with van der Waals surface area (Å²) in [6, 6.07) is 25.0. The van der Waals surface area contributed by atoms with E-state index in [2.05, 4.69) is 59.2 Å². The molecule has 0 bridgehead atoms. The topological polar surface area (TPSA) is 4.93 Å². The molecular weight excluding hydrogens is 265 g/mol. The molecule has 1 nitrogen and oxygen atoms in total. The summed E-state index contributed by atoms with van der Waals surface area (Å²) < 4.78 is 2.26. The van der Waals surface area contributed by atoms with Crippen molar-refractivity contribution in [1.29, 1.82) is 0 Å². The van der Waals surface area contributed by atoms with Gasteiger partial charge in [-0.05, 0) is 24.3 Å². The molecule has 0 spiro atoms. The predicted octanol–water partition coefficient (Wildman–Crippen LogP) is 4.60. The van der Waals surface area contributed by atoms with E-state index in [0.29, 0.717) is 0 Å². The summed E-state index contributed by atoms with van der Waals surface area (Å²) in [7, 11) is 5.98. The van der Waals surface area contributed by atoms with E-state index in [1.807, 2.05) is 32.0 Å². The van der Waals surface area contributed by atoms with Gasteiger partial charge < -0.3 is 4.57 Å². The van der Waals surface area contributed by atoms with Crippen LogP contribution >= 0.6 is 0 Å². The molecule has 3 aromatic carbocycles. The van der Waals surface area contributed by atoms with E-state index in [1.165, 1.54) is 16.3 Å². The largest absolute Gasteiger partial charge is 0.309 e. The van der Waals surface area contributed by atoms with E-state index in [0.717, 1.165) is 16.7 Å². The summed E-state index contributed by atoms with van der Waals surface area (Å²) in [4.78, 5) is 0. The third-order valence-electron chi connectivity index (χ3n) is 3.71. The lowest BCUT2D eigenvalue weighted by atomic mass is 9.95. The minimum Gasteiger partial charge on any atom is -0.309 e. The second-order valence-corrected chi connectivity index (χ2v) is 4.96. The molecule has 0 aliphatic carbocycles. The molecule has 4 aromatic rings. The van der Waals surface area contributed by atoms with Crippen molar-refractivity contribution in [3.05, 3.63) is 72.8 Å². The van der Waals surface area contributed by atoms with Crippen LogP contribution in [0.1, 0.15) is 13.8 Å². The Morgan fingerprint density at radius 1 is 0.682 bits per heavy atom. The molecule has 0 unspecified atom stereocenters. The van der Waals surface area contributed by atoms with Crippen LogP contribution in [-0.2, 0) is 0 Å². The first kappa shape index (κ1) is 14.5. The lowest BCUT2D eigenvalue weighted by molar-refractivity contribution is 1.18. The molecule has 0 fully saturated rings. The maximum atomic E-state index is 5.98. The second-order valence-electron chi connectivity index (χ2n) is 4.96. The highest BCUT2D eigenvalue weighted by Gasteiger charge is 2.10. The molecule has 0 saturated carbocycles. The fourth-order valence-corrected chi connectivity index (χ4v) is 2.84. The zero-order valence-corrected chi connectivity index (χ0v) is 13.0. The molecule has 2 heteroatoms. The summed E-state index contributed by atoms with van der Waals surface area (Å²) in [6.07, 6.45) is 0. The number of nitrogens with zero attached hydrogens (tertiary/aromatic N) is 1. The third kappa shape index (κ3) is 2.31. The Balaban J connectivity index is 0.000000693. The second kappa shape index (κ2) is 6.11. The molecule has 0 aliphatic heterocycles. The van der Waals surface area contributed by atoms with Gasteiger partial charge in [0, 0.05) is 16.5 Å². The van der Waals surface area contributed by atoms with Crippen molar-refractivity contribution in [2.45, 2.75) is 13.8 Å². The monoisotopic (exact) mass is 283 g/mol. The molecule has 0 atom stereocenters. The van der Waals surface area contributed by atoms with E-state index in [-0.39, 0.29) is 0 Å². The first-order valence-corrected chi connectivity index (χ1v) is 7.69. The number of hydrogen-bond acceptors (Lipinski definition) is 0. The van der Waals surface area contributed by atoms with Crippen LogP contribution in [0.3, 0.4) is 0 Å². The van der Waals surface area contributed by atoms with Crippen LogP contribution in [0.4, 0.5) is 0 Å². The zero-order chi connectivity index (χ0) is 15.5. The smallest absolute Gasteiger partial charge is 0.113 e. The van der Waals surface area contributed by atoms with Crippen molar-refractivity contribution in [2.75, 3.05) is 0 Å². The summed E-state index contributed by atoms with van der Waals surface area (Å²) in [5.74, 6) is 0. The molecule has 0 aliphatic rings.